The minimum absolute atomic E-state index is 0.0386. The Labute approximate surface area is 235 Å². The summed E-state index contributed by atoms with van der Waals surface area (Å²) >= 11 is 0. The van der Waals surface area contributed by atoms with Crippen LogP contribution >= 0.6 is 7.92 Å². The van der Waals surface area contributed by atoms with E-state index in [9.17, 15) is 13.2 Å². The van der Waals surface area contributed by atoms with Gasteiger partial charge in [0.2, 0.25) is 5.95 Å². The predicted molar refractivity (Wildman–Crippen MR) is 160 cm³/mol. The summed E-state index contributed by atoms with van der Waals surface area (Å²) in [6.07, 6.45) is -1.66. The van der Waals surface area contributed by atoms with E-state index < -0.39 is 19.7 Å². The molecule has 216 valence electrons. The third-order valence-corrected chi connectivity index (χ3v) is 8.62. The first kappa shape index (κ1) is 29.9. The molecule has 1 aliphatic rings. The van der Waals surface area contributed by atoms with Crippen LogP contribution in [-0.2, 0) is 6.18 Å². The Morgan fingerprint density at radius 1 is 1.02 bits per heavy atom. The van der Waals surface area contributed by atoms with Crippen molar-refractivity contribution >= 4 is 42.1 Å². The fourth-order valence-electron chi connectivity index (χ4n) is 5.02. The second-order valence-corrected chi connectivity index (χ2v) is 12.9. The highest BCUT2D eigenvalue weighted by molar-refractivity contribution is 7.64. The molecule has 1 fully saturated rings. The first-order valence-electron chi connectivity index (χ1n) is 13.2. The molecule has 0 aliphatic carbocycles. The summed E-state index contributed by atoms with van der Waals surface area (Å²) in [7, 11) is 5.24. The number of rotatable bonds is 8. The van der Waals surface area contributed by atoms with Gasteiger partial charge in [0.05, 0.1) is 12.8 Å². The van der Waals surface area contributed by atoms with E-state index in [1.807, 2.05) is 38.1 Å². The highest BCUT2D eigenvalue weighted by Gasteiger charge is 2.35. The number of benzene rings is 2. The standard InChI is InChI=1S/C29H38F3N6OP/c1-18-8-9-22(26(14-18)40(6)7)34-27-21(29(30,31)32)17-33-28(36-27)35-23-15-19(2)24(16-25(23)39-5)38-12-10-20(11-13-38)37(3)4/h8-9,14-17,20H,10-13H2,1-7H3,(H2,33,34,35,36). The number of nitrogens with one attached hydrogen (secondary N) is 2. The van der Waals surface area contributed by atoms with Crippen molar-refractivity contribution in [1.82, 2.24) is 14.9 Å². The van der Waals surface area contributed by atoms with Gasteiger partial charge in [-0.15, -0.1) is 0 Å². The second kappa shape index (κ2) is 12.2. The van der Waals surface area contributed by atoms with Crippen LogP contribution in [-0.4, -0.2) is 68.5 Å². The van der Waals surface area contributed by atoms with Gasteiger partial charge in [0.25, 0.3) is 0 Å². The van der Waals surface area contributed by atoms with Crippen LogP contribution in [0.25, 0.3) is 0 Å². The second-order valence-electron chi connectivity index (χ2n) is 10.6. The van der Waals surface area contributed by atoms with Crippen molar-refractivity contribution in [3.63, 3.8) is 0 Å². The van der Waals surface area contributed by atoms with Gasteiger partial charge in [-0.1, -0.05) is 19.6 Å². The average molecular weight is 575 g/mol. The number of aryl methyl sites for hydroxylation is 2. The van der Waals surface area contributed by atoms with Crippen molar-refractivity contribution in [2.45, 2.75) is 38.9 Å². The largest absolute Gasteiger partial charge is 0.494 e. The zero-order chi connectivity index (χ0) is 29.2. The molecule has 1 aromatic heterocycles. The van der Waals surface area contributed by atoms with Gasteiger partial charge in [0, 0.05) is 42.8 Å². The molecule has 0 radical (unpaired) electrons. The van der Waals surface area contributed by atoms with E-state index in [1.165, 1.54) is 0 Å². The molecule has 0 amide bonds. The normalized spacial score (nSPS) is 14.7. The third kappa shape index (κ3) is 6.78. The molecule has 11 heteroatoms. The van der Waals surface area contributed by atoms with Crippen molar-refractivity contribution in [3.8, 4) is 5.75 Å². The number of ether oxygens (including phenoxy) is 1. The molecule has 0 atom stereocenters. The number of piperidine rings is 1. The van der Waals surface area contributed by atoms with Crippen molar-refractivity contribution in [2.75, 3.05) is 63.2 Å². The number of hydrogen-bond donors (Lipinski definition) is 2. The van der Waals surface area contributed by atoms with Crippen LogP contribution in [0.2, 0.25) is 0 Å². The quantitative estimate of drug-likeness (QED) is 0.298. The van der Waals surface area contributed by atoms with Gasteiger partial charge in [-0.25, -0.2) is 4.98 Å². The highest BCUT2D eigenvalue weighted by Crippen LogP contribution is 2.39. The van der Waals surface area contributed by atoms with Crippen molar-refractivity contribution in [3.05, 3.63) is 53.2 Å². The molecule has 3 aromatic rings. The predicted octanol–water partition coefficient (Wildman–Crippen LogP) is 6.51. The van der Waals surface area contributed by atoms with Gasteiger partial charge < -0.3 is 25.2 Å². The Morgan fingerprint density at radius 3 is 2.33 bits per heavy atom. The molecule has 1 saturated heterocycles. The Bertz CT molecular complexity index is 1340. The molecular formula is C29H38F3N6OP. The smallest absolute Gasteiger partial charge is 0.421 e. The number of nitrogens with zero attached hydrogens (tertiary/aromatic N) is 4. The van der Waals surface area contributed by atoms with Gasteiger partial charge in [-0.05, 0) is 83.2 Å². The topological polar surface area (TPSA) is 65.6 Å². The van der Waals surface area contributed by atoms with E-state index in [-0.39, 0.29) is 11.8 Å². The number of hydrogen-bond acceptors (Lipinski definition) is 7. The number of methoxy groups -OCH3 is 1. The summed E-state index contributed by atoms with van der Waals surface area (Å²) in [5.74, 6) is 0.302. The van der Waals surface area contributed by atoms with E-state index in [1.54, 1.807) is 13.2 Å². The molecule has 4 rings (SSSR count). The molecule has 2 aromatic carbocycles. The highest BCUT2D eigenvalue weighted by atomic mass is 31.1. The summed E-state index contributed by atoms with van der Waals surface area (Å²) in [5, 5.41) is 7.01. The fraction of sp³-hybridized carbons (Fsp3) is 0.448. The minimum atomic E-state index is -4.62. The average Bonchev–Trinajstić information content (AvgIpc) is 2.89. The van der Waals surface area contributed by atoms with Crippen LogP contribution in [0.1, 0.15) is 29.5 Å². The number of aromatic nitrogens is 2. The minimum Gasteiger partial charge on any atom is -0.494 e. The van der Waals surface area contributed by atoms with Crippen molar-refractivity contribution in [1.29, 1.82) is 0 Å². The van der Waals surface area contributed by atoms with Gasteiger partial charge in [0.15, 0.2) is 0 Å². The number of anilines is 5. The monoisotopic (exact) mass is 574 g/mol. The summed E-state index contributed by atoms with van der Waals surface area (Å²) in [5.41, 5.74) is 3.41. The molecule has 0 unspecified atom stereocenters. The van der Waals surface area contributed by atoms with E-state index in [0.717, 1.165) is 54.2 Å². The van der Waals surface area contributed by atoms with E-state index in [2.05, 4.69) is 57.8 Å². The van der Waals surface area contributed by atoms with Gasteiger partial charge in [0.1, 0.15) is 17.1 Å². The maximum Gasteiger partial charge on any atom is 0.421 e. The van der Waals surface area contributed by atoms with Crippen LogP contribution in [0.5, 0.6) is 5.75 Å². The van der Waals surface area contributed by atoms with E-state index in [0.29, 0.717) is 23.2 Å². The zero-order valence-electron chi connectivity index (χ0n) is 24.1. The molecule has 2 heterocycles. The number of alkyl halides is 3. The Morgan fingerprint density at radius 2 is 1.73 bits per heavy atom. The summed E-state index contributed by atoms with van der Waals surface area (Å²) in [4.78, 5) is 12.9. The first-order chi connectivity index (χ1) is 18.9. The lowest BCUT2D eigenvalue weighted by Gasteiger charge is -2.37. The van der Waals surface area contributed by atoms with Gasteiger partial charge in [-0.3, -0.25) is 0 Å². The molecular weight excluding hydrogens is 536 g/mol. The molecule has 7 nitrogen and oxygen atoms in total. The Balaban J connectivity index is 1.64. The molecule has 0 saturated carbocycles. The molecule has 2 N–H and O–H groups in total. The van der Waals surface area contributed by atoms with Crippen LogP contribution in [0.4, 0.5) is 42.0 Å². The zero-order valence-corrected chi connectivity index (χ0v) is 25.0. The fourth-order valence-corrected chi connectivity index (χ4v) is 6.09. The molecule has 0 bridgehead atoms. The van der Waals surface area contributed by atoms with Gasteiger partial charge in [-0.2, -0.15) is 18.2 Å². The SMILES string of the molecule is COc1cc(N2CCC(N(C)C)CC2)c(C)cc1Nc1ncc(C(F)(F)F)c(Nc2ccc(C)cc2P(C)C)n1. The molecule has 1 aliphatic heterocycles. The summed E-state index contributed by atoms with van der Waals surface area (Å²) in [6, 6.07) is 10.1. The van der Waals surface area contributed by atoms with Crippen molar-refractivity contribution in [2.24, 2.45) is 0 Å². The lowest BCUT2D eigenvalue weighted by molar-refractivity contribution is -0.137. The first-order valence-corrected chi connectivity index (χ1v) is 15.5. The molecule has 0 spiro atoms. The van der Waals surface area contributed by atoms with E-state index >= 15 is 0 Å². The maximum absolute atomic E-state index is 13.9. The summed E-state index contributed by atoms with van der Waals surface area (Å²) in [6.45, 7) is 9.99. The Hall–Kier alpha value is -3.10. The van der Waals surface area contributed by atoms with E-state index in [4.69, 9.17) is 4.74 Å². The lowest BCUT2D eigenvalue weighted by Crippen LogP contribution is -2.42. The Kier molecular flexibility index (Phi) is 9.10. The van der Waals surface area contributed by atoms with Crippen LogP contribution in [0, 0.1) is 13.8 Å². The molecule has 40 heavy (non-hydrogen) atoms. The summed E-state index contributed by atoms with van der Waals surface area (Å²) < 4.78 is 47.5. The van der Waals surface area contributed by atoms with Crippen LogP contribution < -0.4 is 25.6 Å². The van der Waals surface area contributed by atoms with Crippen LogP contribution in [0.3, 0.4) is 0 Å². The van der Waals surface area contributed by atoms with Gasteiger partial charge >= 0.3 is 6.18 Å². The maximum atomic E-state index is 13.9. The van der Waals surface area contributed by atoms with Crippen LogP contribution in [0.15, 0.2) is 36.5 Å². The third-order valence-electron chi connectivity index (χ3n) is 7.28. The van der Waals surface area contributed by atoms with Crippen molar-refractivity contribution < 1.29 is 17.9 Å². The lowest BCUT2D eigenvalue weighted by atomic mass is 10.0. The number of halogens is 3.